The molecule has 11 heavy (non-hydrogen) atoms. The van der Waals surface area contributed by atoms with Gasteiger partial charge in [0.1, 0.15) is 0 Å². The van der Waals surface area contributed by atoms with Gasteiger partial charge in [0.25, 0.3) is 0 Å². The molecule has 0 saturated carbocycles. The predicted octanol–water partition coefficient (Wildman–Crippen LogP) is 4.24. The Hall–Kier alpha value is -0.0800. The highest BCUT2D eigenvalue weighted by atomic mass is 79.9. The van der Waals surface area contributed by atoms with Crippen molar-refractivity contribution in [2.45, 2.75) is 6.92 Å². The van der Waals surface area contributed by atoms with Crippen molar-refractivity contribution in [3.05, 3.63) is 39.3 Å². The van der Waals surface area contributed by atoms with Gasteiger partial charge in [-0.25, -0.2) is 0 Å². The lowest BCUT2D eigenvalue weighted by Crippen LogP contribution is -1.81. The lowest BCUT2D eigenvalue weighted by molar-refractivity contribution is 1.49. The summed E-state index contributed by atoms with van der Waals surface area (Å²) < 4.78 is 2.17. The third-order valence-corrected chi connectivity index (χ3v) is 2.71. The molecule has 0 bridgehead atoms. The van der Waals surface area contributed by atoms with Gasteiger partial charge < -0.3 is 0 Å². The zero-order valence-electron chi connectivity index (χ0n) is 6.20. The summed E-state index contributed by atoms with van der Waals surface area (Å²) in [6.45, 7) is 5.88. The summed E-state index contributed by atoms with van der Waals surface area (Å²) in [5.74, 6) is 0. The van der Waals surface area contributed by atoms with Crippen molar-refractivity contribution >= 4 is 37.4 Å². The van der Waals surface area contributed by atoms with Crippen LogP contribution in [0.25, 0.3) is 5.57 Å². The van der Waals surface area contributed by atoms with Crippen molar-refractivity contribution in [3.63, 3.8) is 0 Å². The highest BCUT2D eigenvalue weighted by Gasteiger charge is 2.03. The number of allylic oxidation sites excluding steroid dienone is 1. The summed E-state index contributed by atoms with van der Waals surface area (Å²) in [5, 5.41) is 0. The molecule has 0 aliphatic heterocycles. The van der Waals surface area contributed by atoms with Crippen LogP contribution in [0.5, 0.6) is 0 Å². The highest BCUT2D eigenvalue weighted by molar-refractivity contribution is 9.11. The molecule has 0 aliphatic rings. The first kappa shape index (κ1) is 9.01. The van der Waals surface area contributed by atoms with Crippen molar-refractivity contribution in [2.75, 3.05) is 0 Å². The molecule has 1 aromatic rings. The number of benzene rings is 1. The minimum absolute atomic E-state index is 1.06. The molecule has 0 nitrogen and oxygen atoms in total. The number of hydrogen-bond donors (Lipinski definition) is 0. The van der Waals surface area contributed by atoms with E-state index >= 15 is 0 Å². The van der Waals surface area contributed by atoms with Gasteiger partial charge in [-0.3, -0.25) is 0 Å². The molecule has 0 spiro atoms. The summed E-state index contributed by atoms with van der Waals surface area (Å²) >= 11 is 6.91. The maximum Gasteiger partial charge on any atom is 0.0261 e. The summed E-state index contributed by atoms with van der Waals surface area (Å²) in [6.07, 6.45) is 0. The van der Waals surface area contributed by atoms with Crippen LogP contribution in [0, 0.1) is 0 Å². The third-order valence-electron chi connectivity index (χ3n) is 1.39. The van der Waals surface area contributed by atoms with E-state index in [1.165, 1.54) is 0 Å². The first-order chi connectivity index (χ1) is 5.13. The Kier molecular flexibility index (Phi) is 2.90. The molecule has 0 aromatic heterocycles. The fourth-order valence-corrected chi connectivity index (χ4v) is 2.58. The fourth-order valence-electron chi connectivity index (χ4n) is 0.906. The van der Waals surface area contributed by atoms with Gasteiger partial charge in [-0.05, 0) is 24.6 Å². The lowest BCUT2D eigenvalue weighted by atomic mass is 10.1. The summed E-state index contributed by atoms with van der Waals surface area (Å²) in [7, 11) is 0. The van der Waals surface area contributed by atoms with Crippen LogP contribution in [0.1, 0.15) is 12.5 Å². The molecule has 1 aromatic carbocycles. The van der Waals surface area contributed by atoms with Crippen LogP contribution in [0.3, 0.4) is 0 Å². The van der Waals surface area contributed by atoms with E-state index in [1.807, 2.05) is 25.1 Å². The van der Waals surface area contributed by atoms with Crippen molar-refractivity contribution in [1.82, 2.24) is 0 Å². The van der Waals surface area contributed by atoms with E-state index < -0.39 is 0 Å². The van der Waals surface area contributed by atoms with Gasteiger partial charge >= 0.3 is 0 Å². The average molecular weight is 276 g/mol. The van der Waals surface area contributed by atoms with E-state index in [9.17, 15) is 0 Å². The van der Waals surface area contributed by atoms with Crippen LogP contribution in [0.15, 0.2) is 33.7 Å². The fraction of sp³-hybridized carbons (Fsp3) is 0.111. The van der Waals surface area contributed by atoms with Gasteiger partial charge in [0.2, 0.25) is 0 Å². The molecule has 0 amide bonds. The Bertz CT molecular complexity index is 269. The Morgan fingerprint density at radius 3 is 2.00 bits per heavy atom. The van der Waals surface area contributed by atoms with Crippen molar-refractivity contribution in [2.24, 2.45) is 0 Å². The van der Waals surface area contributed by atoms with Crippen LogP contribution in [-0.2, 0) is 0 Å². The van der Waals surface area contributed by atoms with E-state index in [2.05, 4.69) is 38.4 Å². The van der Waals surface area contributed by atoms with Gasteiger partial charge in [-0.2, -0.15) is 0 Å². The van der Waals surface area contributed by atoms with E-state index in [0.717, 1.165) is 20.1 Å². The minimum Gasteiger partial charge on any atom is -0.0954 e. The van der Waals surface area contributed by atoms with Crippen molar-refractivity contribution in [3.8, 4) is 0 Å². The summed E-state index contributed by atoms with van der Waals surface area (Å²) in [6, 6.07) is 6.00. The zero-order valence-corrected chi connectivity index (χ0v) is 9.37. The molecular weight excluding hydrogens is 268 g/mol. The SMILES string of the molecule is C=C(C)c1c(Br)cccc1Br. The molecule has 0 unspecified atom stereocenters. The number of rotatable bonds is 1. The van der Waals surface area contributed by atoms with E-state index in [0.29, 0.717) is 0 Å². The van der Waals surface area contributed by atoms with Gasteiger partial charge in [0.15, 0.2) is 0 Å². The summed E-state index contributed by atoms with van der Waals surface area (Å²) in [4.78, 5) is 0. The largest absolute Gasteiger partial charge is 0.0954 e. The van der Waals surface area contributed by atoms with Crippen molar-refractivity contribution < 1.29 is 0 Å². The average Bonchev–Trinajstić information content (AvgIpc) is 1.85. The standard InChI is InChI=1S/C9H8Br2/c1-6(2)9-7(10)4-3-5-8(9)11/h3-5H,1H2,2H3. The predicted molar refractivity (Wildman–Crippen MR) is 56.6 cm³/mol. The van der Waals surface area contributed by atoms with Gasteiger partial charge in [0.05, 0.1) is 0 Å². The van der Waals surface area contributed by atoms with E-state index in [4.69, 9.17) is 0 Å². The smallest absolute Gasteiger partial charge is 0.0261 e. The molecule has 0 N–H and O–H groups in total. The van der Waals surface area contributed by atoms with Crippen LogP contribution in [0.2, 0.25) is 0 Å². The molecule has 0 fully saturated rings. The second kappa shape index (κ2) is 3.55. The topological polar surface area (TPSA) is 0 Å². The molecule has 1 rings (SSSR count). The van der Waals surface area contributed by atoms with Crippen LogP contribution in [0.4, 0.5) is 0 Å². The van der Waals surface area contributed by atoms with Gasteiger partial charge in [-0.15, -0.1) is 0 Å². The second-order valence-corrected chi connectivity index (χ2v) is 4.09. The van der Waals surface area contributed by atoms with E-state index in [1.54, 1.807) is 0 Å². The zero-order chi connectivity index (χ0) is 8.43. The molecule has 2 heteroatoms. The Morgan fingerprint density at radius 1 is 1.27 bits per heavy atom. The monoisotopic (exact) mass is 274 g/mol. The maximum atomic E-state index is 3.89. The van der Waals surface area contributed by atoms with Crippen LogP contribution in [-0.4, -0.2) is 0 Å². The van der Waals surface area contributed by atoms with Gasteiger partial charge in [0, 0.05) is 14.5 Å². The molecule has 58 valence electrons. The Morgan fingerprint density at radius 2 is 1.73 bits per heavy atom. The van der Waals surface area contributed by atoms with E-state index in [-0.39, 0.29) is 0 Å². The molecule has 0 radical (unpaired) electrons. The number of hydrogen-bond acceptors (Lipinski definition) is 0. The first-order valence-corrected chi connectivity index (χ1v) is 4.81. The Labute approximate surface area is 83.6 Å². The molecule has 0 aliphatic carbocycles. The molecular formula is C9H8Br2. The third kappa shape index (κ3) is 1.94. The van der Waals surface area contributed by atoms with Crippen LogP contribution >= 0.6 is 31.9 Å². The maximum absolute atomic E-state index is 3.89. The normalized spacial score (nSPS) is 9.73. The van der Waals surface area contributed by atoms with Gasteiger partial charge in [-0.1, -0.05) is 44.5 Å². The Balaban J connectivity index is 3.32. The molecule has 0 heterocycles. The number of halogens is 2. The lowest BCUT2D eigenvalue weighted by Gasteiger charge is -2.04. The highest BCUT2D eigenvalue weighted by Crippen LogP contribution is 2.29. The van der Waals surface area contributed by atoms with Crippen LogP contribution < -0.4 is 0 Å². The minimum atomic E-state index is 1.06. The van der Waals surface area contributed by atoms with Crippen molar-refractivity contribution in [1.29, 1.82) is 0 Å². The summed E-state index contributed by atoms with van der Waals surface area (Å²) in [5.41, 5.74) is 2.21. The first-order valence-electron chi connectivity index (χ1n) is 3.23. The quantitative estimate of drug-likeness (QED) is 0.719. The molecule has 0 atom stereocenters. The second-order valence-electron chi connectivity index (χ2n) is 2.38. The molecule has 0 saturated heterocycles.